The molecular weight excluding hydrogens is 250 g/mol. The Morgan fingerprint density at radius 1 is 1.35 bits per heavy atom. The van der Waals surface area contributed by atoms with E-state index in [0.29, 0.717) is 18.9 Å². The standard InChI is InChI=1S/C17H25NO2/c1-3-13(14-7-5-4-6-8-14)11-17(20)18(2)12-16(19)15-9-10-15/h4-8,13,15-16,19H,3,9-12H2,1-2H3. The van der Waals surface area contributed by atoms with Crippen molar-refractivity contribution >= 4 is 5.91 Å². The van der Waals surface area contributed by atoms with Crippen LogP contribution in [0.25, 0.3) is 0 Å². The number of rotatable bonds is 7. The van der Waals surface area contributed by atoms with Crippen molar-refractivity contribution in [3.63, 3.8) is 0 Å². The molecule has 1 fully saturated rings. The normalized spacial score (nSPS) is 17.6. The molecule has 110 valence electrons. The van der Waals surface area contributed by atoms with E-state index in [0.717, 1.165) is 19.3 Å². The molecule has 0 saturated heterocycles. The van der Waals surface area contributed by atoms with Gasteiger partial charge < -0.3 is 10.0 Å². The number of benzene rings is 1. The maximum atomic E-state index is 12.3. The third-order valence-corrected chi connectivity index (χ3v) is 4.24. The molecule has 1 aliphatic carbocycles. The monoisotopic (exact) mass is 275 g/mol. The first-order valence-electron chi connectivity index (χ1n) is 7.58. The highest BCUT2D eigenvalue weighted by Gasteiger charge is 2.31. The summed E-state index contributed by atoms with van der Waals surface area (Å²) in [4.78, 5) is 14.0. The van der Waals surface area contributed by atoms with E-state index in [9.17, 15) is 9.90 Å². The van der Waals surface area contributed by atoms with Crippen molar-refractivity contribution in [3.8, 4) is 0 Å². The van der Waals surface area contributed by atoms with Crippen LogP contribution in [-0.4, -0.2) is 35.6 Å². The average Bonchev–Trinajstić information content (AvgIpc) is 3.29. The molecule has 1 aromatic carbocycles. The molecule has 1 N–H and O–H groups in total. The maximum Gasteiger partial charge on any atom is 0.223 e. The predicted octanol–water partition coefficient (Wildman–Crippen LogP) is 2.80. The molecule has 1 aliphatic rings. The van der Waals surface area contributed by atoms with Crippen LogP contribution in [0.3, 0.4) is 0 Å². The largest absolute Gasteiger partial charge is 0.391 e. The van der Waals surface area contributed by atoms with Crippen LogP contribution in [0.5, 0.6) is 0 Å². The van der Waals surface area contributed by atoms with Gasteiger partial charge in [0.2, 0.25) is 5.91 Å². The van der Waals surface area contributed by atoms with E-state index in [2.05, 4.69) is 19.1 Å². The lowest BCUT2D eigenvalue weighted by Crippen LogP contribution is -2.35. The summed E-state index contributed by atoms with van der Waals surface area (Å²) in [6.45, 7) is 2.58. The first-order valence-corrected chi connectivity index (χ1v) is 7.58. The lowest BCUT2D eigenvalue weighted by atomic mass is 9.93. The van der Waals surface area contributed by atoms with Crippen LogP contribution < -0.4 is 0 Å². The summed E-state index contributed by atoms with van der Waals surface area (Å²) in [6.07, 6.45) is 3.33. The number of carbonyl (C=O) groups is 1. The third kappa shape index (κ3) is 4.07. The maximum absolute atomic E-state index is 12.3. The number of hydrogen-bond acceptors (Lipinski definition) is 2. The minimum Gasteiger partial charge on any atom is -0.391 e. The number of aliphatic hydroxyl groups excluding tert-OH is 1. The van der Waals surface area contributed by atoms with Gasteiger partial charge in [-0.1, -0.05) is 37.3 Å². The SMILES string of the molecule is CCC(CC(=O)N(C)CC(O)C1CC1)c1ccccc1. The minimum atomic E-state index is -0.347. The Morgan fingerprint density at radius 3 is 2.55 bits per heavy atom. The van der Waals surface area contributed by atoms with Gasteiger partial charge in [0, 0.05) is 20.0 Å². The Kier molecular flexibility index (Phi) is 5.18. The second-order valence-electron chi connectivity index (χ2n) is 5.90. The Labute approximate surface area is 121 Å². The molecular formula is C17H25NO2. The summed E-state index contributed by atoms with van der Waals surface area (Å²) in [7, 11) is 1.80. The van der Waals surface area contributed by atoms with Gasteiger partial charge in [-0.25, -0.2) is 0 Å². The van der Waals surface area contributed by atoms with Crippen molar-refractivity contribution in [2.45, 2.75) is 44.6 Å². The molecule has 1 amide bonds. The summed E-state index contributed by atoms with van der Waals surface area (Å²) in [5, 5.41) is 9.92. The van der Waals surface area contributed by atoms with Gasteiger partial charge in [0.1, 0.15) is 0 Å². The average molecular weight is 275 g/mol. The second kappa shape index (κ2) is 6.89. The van der Waals surface area contributed by atoms with Gasteiger partial charge in [0.05, 0.1) is 6.10 Å². The molecule has 0 heterocycles. The fraction of sp³-hybridized carbons (Fsp3) is 0.588. The van der Waals surface area contributed by atoms with Crippen molar-refractivity contribution < 1.29 is 9.90 Å². The first kappa shape index (κ1) is 15.0. The molecule has 2 atom stereocenters. The molecule has 0 aromatic heterocycles. The van der Waals surface area contributed by atoms with Crippen molar-refractivity contribution in [1.29, 1.82) is 0 Å². The number of likely N-dealkylation sites (N-methyl/N-ethyl adjacent to an activating group) is 1. The Bertz CT molecular complexity index is 428. The molecule has 1 aromatic rings. The van der Waals surface area contributed by atoms with Crippen LogP contribution in [0.2, 0.25) is 0 Å². The fourth-order valence-electron chi connectivity index (χ4n) is 2.60. The zero-order valence-electron chi connectivity index (χ0n) is 12.5. The van der Waals surface area contributed by atoms with Gasteiger partial charge in [-0.3, -0.25) is 4.79 Å². The Morgan fingerprint density at radius 2 is 2.00 bits per heavy atom. The number of carbonyl (C=O) groups excluding carboxylic acids is 1. The molecule has 2 unspecified atom stereocenters. The topological polar surface area (TPSA) is 40.5 Å². The molecule has 0 bridgehead atoms. The zero-order chi connectivity index (χ0) is 14.5. The third-order valence-electron chi connectivity index (χ3n) is 4.24. The van der Waals surface area contributed by atoms with E-state index in [-0.39, 0.29) is 17.9 Å². The van der Waals surface area contributed by atoms with Crippen molar-refractivity contribution in [1.82, 2.24) is 4.90 Å². The van der Waals surface area contributed by atoms with E-state index in [1.807, 2.05) is 18.2 Å². The molecule has 3 heteroatoms. The van der Waals surface area contributed by atoms with Gasteiger partial charge in [0.15, 0.2) is 0 Å². The van der Waals surface area contributed by atoms with E-state index >= 15 is 0 Å². The summed E-state index contributed by atoms with van der Waals surface area (Å²) in [5.41, 5.74) is 1.22. The van der Waals surface area contributed by atoms with Gasteiger partial charge in [-0.15, -0.1) is 0 Å². The van der Waals surface area contributed by atoms with Gasteiger partial charge in [-0.2, -0.15) is 0 Å². The number of aliphatic hydroxyl groups is 1. The minimum absolute atomic E-state index is 0.125. The van der Waals surface area contributed by atoms with Crippen LogP contribution in [-0.2, 0) is 4.79 Å². The highest BCUT2D eigenvalue weighted by atomic mass is 16.3. The Hall–Kier alpha value is -1.35. The van der Waals surface area contributed by atoms with Crippen LogP contribution in [0.4, 0.5) is 0 Å². The molecule has 2 rings (SSSR count). The summed E-state index contributed by atoms with van der Waals surface area (Å²) >= 11 is 0. The van der Waals surface area contributed by atoms with Crippen molar-refractivity contribution in [2.75, 3.05) is 13.6 Å². The van der Waals surface area contributed by atoms with Crippen molar-refractivity contribution in [3.05, 3.63) is 35.9 Å². The van der Waals surface area contributed by atoms with Crippen molar-refractivity contribution in [2.24, 2.45) is 5.92 Å². The zero-order valence-corrected chi connectivity index (χ0v) is 12.5. The second-order valence-corrected chi connectivity index (χ2v) is 5.90. The molecule has 20 heavy (non-hydrogen) atoms. The van der Waals surface area contributed by atoms with Crippen LogP contribution >= 0.6 is 0 Å². The molecule has 0 aliphatic heterocycles. The lowest BCUT2D eigenvalue weighted by Gasteiger charge is -2.23. The highest BCUT2D eigenvalue weighted by molar-refractivity contribution is 5.76. The predicted molar refractivity (Wildman–Crippen MR) is 80.5 cm³/mol. The first-order chi connectivity index (χ1) is 9.61. The van der Waals surface area contributed by atoms with Gasteiger partial charge in [-0.05, 0) is 36.7 Å². The van der Waals surface area contributed by atoms with E-state index < -0.39 is 0 Å². The van der Waals surface area contributed by atoms with E-state index in [1.54, 1.807) is 11.9 Å². The number of hydrogen-bond donors (Lipinski definition) is 1. The smallest absolute Gasteiger partial charge is 0.223 e. The Balaban J connectivity index is 1.88. The molecule has 1 saturated carbocycles. The summed E-state index contributed by atoms with van der Waals surface area (Å²) in [6, 6.07) is 10.2. The number of nitrogens with zero attached hydrogens (tertiary/aromatic N) is 1. The van der Waals surface area contributed by atoms with Gasteiger partial charge in [0.25, 0.3) is 0 Å². The molecule has 0 radical (unpaired) electrons. The van der Waals surface area contributed by atoms with E-state index in [4.69, 9.17) is 0 Å². The van der Waals surface area contributed by atoms with Crippen LogP contribution in [0.1, 0.15) is 44.1 Å². The van der Waals surface area contributed by atoms with E-state index in [1.165, 1.54) is 5.56 Å². The lowest BCUT2D eigenvalue weighted by molar-refractivity contribution is -0.131. The molecule has 0 spiro atoms. The summed E-state index contributed by atoms with van der Waals surface area (Å²) in [5.74, 6) is 0.811. The van der Waals surface area contributed by atoms with Crippen LogP contribution in [0, 0.1) is 5.92 Å². The highest BCUT2D eigenvalue weighted by Crippen LogP contribution is 2.33. The number of amides is 1. The molecule has 3 nitrogen and oxygen atoms in total. The van der Waals surface area contributed by atoms with Crippen LogP contribution in [0.15, 0.2) is 30.3 Å². The quantitative estimate of drug-likeness (QED) is 0.831. The van der Waals surface area contributed by atoms with Gasteiger partial charge >= 0.3 is 0 Å². The fourth-order valence-corrected chi connectivity index (χ4v) is 2.60. The summed E-state index contributed by atoms with van der Waals surface area (Å²) < 4.78 is 0.